The lowest BCUT2D eigenvalue weighted by atomic mass is 10.2. The molecule has 0 saturated carbocycles. The lowest BCUT2D eigenvalue weighted by Crippen LogP contribution is -2.06. The Morgan fingerprint density at radius 3 is 3.00 bits per heavy atom. The smallest absolute Gasteiger partial charge is 0.299 e. The molecule has 0 saturated heterocycles. The van der Waals surface area contributed by atoms with E-state index >= 15 is 0 Å². The zero-order valence-electron chi connectivity index (χ0n) is 11.3. The highest BCUT2D eigenvalue weighted by molar-refractivity contribution is 6.31. The predicted octanol–water partition coefficient (Wildman–Crippen LogP) is 3.27. The Labute approximate surface area is 130 Å². The van der Waals surface area contributed by atoms with E-state index in [9.17, 15) is 9.18 Å². The van der Waals surface area contributed by atoms with Gasteiger partial charge in [-0.15, -0.1) is 0 Å². The molecular weight excluding hydrogens is 309 g/mol. The minimum Gasteiger partial charge on any atom is -0.409 e. The van der Waals surface area contributed by atoms with Crippen molar-refractivity contribution in [3.8, 4) is 5.88 Å². The molecule has 0 amide bonds. The molecule has 0 fully saturated rings. The fraction of sp³-hybridized carbons (Fsp3) is 0.0667. The molecule has 22 heavy (non-hydrogen) atoms. The number of nitrogens with zero attached hydrogens (tertiary/aromatic N) is 2. The van der Waals surface area contributed by atoms with Crippen molar-refractivity contribution in [2.45, 2.75) is 6.54 Å². The Morgan fingerprint density at radius 1 is 1.36 bits per heavy atom. The minimum absolute atomic E-state index is 0.322. The van der Waals surface area contributed by atoms with Gasteiger partial charge in [0, 0.05) is 24.0 Å². The van der Waals surface area contributed by atoms with Crippen LogP contribution in [-0.2, 0) is 11.3 Å². The van der Waals surface area contributed by atoms with E-state index in [0.29, 0.717) is 35.3 Å². The van der Waals surface area contributed by atoms with E-state index in [2.05, 4.69) is 10.3 Å². The van der Waals surface area contributed by atoms with Crippen LogP contribution in [-0.4, -0.2) is 15.9 Å². The van der Waals surface area contributed by atoms with Crippen molar-refractivity contribution < 1.29 is 13.9 Å². The van der Waals surface area contributed by atoms with Crippen molar-refractivity contribution in [3.05, 3.63) is 59.1 Å². The maximum atomic E-state index is 13.0. The summed E-state index contributed by atoms with van der Waals surface area (Å²) < 4.78 is 19.7. The number of rotatable bonds is 5. The van der Waals surface area contributed by atoms with Crippen LogP contribution in [0.2, 0.25) is 5.02 Å². The number of hydrogen-bond acceptors (Lipinski definition) is 4. The second kappa shape index (κ2) is 6.03. The van der Waals surface area contributed by atoms with Crippen LogP contribution < -0.4 is 10.1 Å². The van der Waals surface area contributed by atoms with Gasteiger partial charge in [-0.25, -0.2) is 9.37 Å². The molecule has 0 atom stereocenters. The number of imidazole rings is 1. The summed E-state index contributed by atoms with van der Waals surface area (Å²) in [6.07, 6.45) is 3.29. The fourth-order valence-electron chi connectivity index (χ4n) is 2.12. The van der Waals surface area contributed by atoms with Gasteiger partial charge in [-0.2, -0.15) is 0 Å². The summed E-state index contributed by atoms with van der Waals surface area (Å²) in [4.78, 5) is 14.8. The summed E-state index contributed by atoms with van der Waals surface area (Å²) in [5.74, 6) is -0.0678. The largest absolute Gasteiger partial charge is 0.409 e. The molecule has 1 N–H and O–H groups in total. The van der Waals surface area contributed by atoms with E-state index in [1.807, 2.05) is 0 Å². The number of anilines is 1. The maximum Gasteiger partial charge on any atom is 0.299 e. The molecule has 0 aliphatic heterocycles. The summed E-state index contributed by atoms with van der Waals surface area (Å²) >= 11 is 5.99. The third-order valence-electron chi connectivity index (χ3n) is 3.16. The Morgan fingerprint density at radius 2 is 2.23 bits per heavy atom. The maximum absolute atomic E-state index is 13.0. The first kappa shape index (κ1) is 14.3. The zero-order chi connectivity index (χ0) is 15.5. The lowest BCUT2D eigenvalue weighted by molar-refractivity contribution is -0.120. The molecule has 3 rings (SSSR count). The molecule has 0 spiro atoms. The van der Waals surface area contributed by atoms with Gasteiger partial charge in [-0.1, -0.05) is 17.7 Å². The standard InChI is InChI=1S/C15H11ClFN3O2/c16-12-7-11(17)2-1-10(12)8-19-13-3-4-14-18-5-6-20(14)15(13)22-9-21/h1-7,9,19H,8H2. The van der Waals surface area contributed by atoms with Crippen molar-refractivity contribution in [3.63, 3.8) is 0 Å². The second-order valence-corrected chi connectivity index (χ2v) is 4.92. The first-order chi connectivity index (χ1) is 10.7. The summed E-state index contributed by atoms with van der Waals surface area (Å²) in [7, 11) is 0. The number of fused-ring (bicyclic) bond motifs is 1. The molecule has 112 valence electrons. The third-order valence-corrected chi connectivity index (χ3v) is 3.51. The summed E-state index contributed by atoms with van der Waals surface area (Å²) in [6.45, 7) is 0.708. The third kappa shape index (κ3) is 2.73. The summed E-state index contributed by atoms with van der Waals surface area (Å²) in [6, 6.07) is 7.72. The van der Waals surface area contributed by atoms with E-state index in [1.54, 1.807) is 35.0 Å². The van der Waals surface area contributed by atoms with Crippen LogP contribution in [0.4, 0.5) is 10.1 Å². The molecule has 0 unspecified atom stereocenters. The molecule has 2 heterocycles. The van der Waals surface area contributed by atoms with Crippen LogP contribution in [0.25, 0.3) is 5.65 Å². The van der Waals surface area contributed by atoms with Gasteiger partial charge >= 0.3 is 0 Å². The highest BCUT2D eigenvalue weighted by Gasteiger charge is 2.10. The molecule has 5 nitrogen and oxygen atoms in total. The molecule has 2 aromatic heterocycles. The predicted molar refractivity (Wildman–Crippen MR) is 80.6 cm³/mol. The number of halogens is 2. The van der Waals surface area contributed by atoms with Gasteiger partial charge < -0.3 is 10.1 Å². The molecular formula is C15H11ClFN3O2. The Bertz CT molecular complexity index is 835. The van der Waals surface area contributed by atoms with Crippen LogP contribution in [0, 0.1) is 5.82 Å². The Balaban J connectivity index is 1.89. The van der Waals surface area contributed by atoms with Gasteiger partial charge in [-0.3, -0.25) is 9.20 Å². The average Bonchev–Trinajstić information content (AvgIpc) is 2.97. The zero-order valence-corrected chi connectivity index (χ0v) is 12.0. The van der Waals surface area contributed by atoms with Crippen LogP contribution in [0.3, 0.4) is 0 Å². The number of carbonyl (C=O) groups is 1. The van der Waals surface area contributed by atoms with Crippen molar-refractivity contribution in [1.82, 2.24) is 9.38 Å². The number of hydrogen-bond donors (Lipinski definition) is 1. The lowest BCUT2D eigenvalue weighted by Gasteiger charge is -2.12. The number of ether oxygens (including phenoxy) is 1. The van der Waals surface area contributed by atoms with Crippen molar-refractivity contribution in [2.75, 3.05) is 5.32 Å². The van der Waals surface area contributed by atoms with E-state index in [4.69, 9.17) is 16.3 Å². The second-order valence-electron chi connectivity index (χ2n) is 4.51. The number of pyridine rings is 1. The first-order valence-corrected chi connectivity index (χ1v) is 6.81. The number of benzene rings is 1. The van der Waals surface area contributed by atoms with Gasteiger partial charge in [0.2, 0.25) is 5.88 Å². The molecule has 0 aliphatic rings. The van der Waals surface area contributed by atoms with Crippen LogP contribution in [0.5, 0.6) is 5.88 Å². The fourth-order valence-corrected chi connectivity index (χ4v) is 2.36. The van der Waals surface area contributed by atoms with Gasteiger partial charge in [0.1, 0.15) is 11.5 Å². The first-order valence-electron chi connectivity index (χ1n) is 6.43. The van der Waals surface area contributed by atoms with Crippen LogP contribution in [0.1, 0.15) is 5.56 Å². The molecule has 3 aromatic rings. The molecule has 1 aromatic carbocycles. The van der Waals surface area contributed by atoms with Crippen molar-refractivity contribution in [2.24, 2.45) is 0 Å². The monoisotopic (exact) mass is 319 g/mol. The minimum atomic E-state index is -0.390. The topological polar surface area (TPSA) is 55.6 Å². The quantitative estimate of drug-likeness (QED) is 0.733. The Hall–Kier alpha value is -2.60. The van der Waals surface area contributed by atoms with Crippen molar-refractivity contribution >= 4 is 29.4 Å². The normalized spacial score (nSPS) is 10.6. The summed E-state index contributed by atoms with van der Waals surface area (Å²) in [5.41, 5.74) is 1.98. The molecule has 0 radical (unpaired) electrons. The average molecular weight is 320 g/mol. The van der Waals surface area contributed by atoms with E-state index in [1.165, 1.54) is 12.1 Å². The number of carbonyl (C=O) groups excluding carboxylic acids is 1. The van der Waals surface area contributed by atoms with Crippen molar-refractivity contribution in [1.29, 1.82) is 0 Å². The molecule has 7 heteroatoms. The number of nitrogens with one attached hydrogen (secondary N) is 1. The molecule has 0 aliphatic carbocycles. The highest BCUT2D eigenvalue weighted by Crippen LogP contribution is 2.27. The van der Waals surface area contributed by atoms with Gasteiger partial charge in [-0.05, 0) is 29.8 Å². The van der Waals surface area contributed by atoms with E-state index < -0.39 is 5.82 Å². The van der Waals surface area contributed by atoms with Gasteiger partial charge in [0.15, 0.2) is 0 Å². The Kier molecular flexibility index (Phi) is 3.93. The van der Waals surface area contributed by atoms with Crippen LogP contribution in [0.15, 0.2) is 42.7 Å². The SMILES string of the molecule is O=COc1c(NCc2ccc(F)cc2Cl)ccc2nccn12. The van der Waals surface area contributed by atoms with E-state index in [-0.39, 0.29) is 0 Å². The number of aromatic nitrogens is 2. The van der Waals surface area contributed by atoms with E-state index in [0.717, 1.165) is 5.56 Å². The van der Waals surface area contributed by atoms with Gasteiger partial charge in [0.25, 0.3) is 6.47 Å². The summed E-state index contributed by atoms with van der Waals surface area (Å²) in [5, 5.41) is 3.45. The highest BCUT2D eigenvalue weighted by atomic mass is 35.5. The van der Waals surface area contributed by atoms with Gasteiger partial charge in [0.05, 0.1) is 5.69 Å². The van der Waals surface area contributed by atoms with Crippen LogP contribution >= 0.6 is 11.6 Å². The molecule has 0 bridgehead atoms.